The van der Waals surface area contributed by atoms with E-state index in [0.29, 0.717) is 5.56 Å². The molecular weight excluding hydrogens is 367 g/mol. The average molecular weight is 391 g/mol. The summed E-state index contributed by atoms with van der Waals surface area (Å²) in [6.07, 6.45) is -8.43. The van der Waals surface area contributed by atoms with Crippen molar-refractivity contribution in [3.05, 3.63) is 35.9 Å². The van der Waals surface area contributed by atoms with E-state index < -0.39 is 48.9 Å². The maximum Gasteiger partial charge on any atom is 0.508 e. The van der Waals surface area contributed by atoms with E-state index in [4.69, 9.17) is 4.74 Å². The van der Waals surface area contributed by atoms with Gasteiger partial charge in [0.25, 0.3) is 0 Å². The number of alkyl halides is 3. The number of halogens is 3. The van der Waals surface area contributed by atoms with E-state index in [0.717, 1.165) is 0 Å². The molecule has 1 unspecified atom stereocenters. The fourth-order valence-corrected chi connectivity index (χ4v) is 2.04. The van der Waals surface area contributed by atoms with Crippen LogP contribution in [0.25, 0.3) is 0 Å². The topological polar surface area (TPSA) is 84.9 Å². The zero-order valence-electron chi connectivity index (χ0n) is 15.4. The summed E-state index contributed by atoms with van der Waals surface area (Å²) in [7, 11) is 0. The van der Waals surface area contributed by atoms with Gasteiger partial charge in [-0.3, -0.25) is 4.79 Å². The lowest BCUT2D eigenvalue weighted by Gasteiger charge is -2.30. The first kappa shape index (κ1) is 22.8. The highest BCUT2D eigenvalue weighted by Gasteiger charge is 2.54. The Hall–Kier alpha value is -2.29. The Morgan fingerprint density at radius 1 is 1.11 bits per heavy atom. The Morgan fingerprint density at radius 3 is 2.22 bits per heavy atom. The molecule has 0 fully saturated rings. The summed E-state index contributed by atoms with van der Waals surface area (Å²) < 4.78 is 49.0. The lowest BCUT2D eigenvalue weighted by Crippen LogP contribution is -2.49. The van der Waals surface area contributed by atoms with Crippen LogP contribution in [0.15, 0.2) is 30.3 Å². The number of hydrogen-bond acceptors (Lipinski definition) is 5. The average Bonchev–Trinajstić information content (AvgIpc) is 2.51. The van der Waals surface area contributed by atoms with Gasteiger partial charge in [-0.15, -0.1) is 0 Å². The normalized spacial score (nSPS) is 14.2. The summed E-state index contributed by atoms with van der Waals surface area (Å²) in [6.45, 7) is 3.98. The van der Waals surface area contributed by atoms with Gasteiger partial charge in [0.1, 0.15) is 5.60 Å². The summed E-state index contributed by atoms with van der Waals surface area (Å²) in [5.74, 6) is -0.976. The molecular formula is C18H24F3NO5. The van der Waals surface area contributed by atoms with Crippen LogP contribution in [-0.4, -0.2) is 41.2 Å². The van der Waals surface area contributed by atoms with Crippen molar-refractivity contribution in [2.24, 2.45) is 0 Å². The van der Waals surface area contributed by atoms with Crippen molar-refractivity contribution in [1.82, 2.24) is 5.32 Å². The molecule has 27 heavy (non-hydrogen) atoms. The molecule has 0 aliphatic carbocycles. The molecule has 1 rings (SSSR count). The molecule has 1 aromatic rings. The molecule has 0 saturated carbocycles. The zero-order valence-corrected chi connectivity index (χ0v) is 15.4. The highest BCUT2D eigenvalue weighted by atomic mass is 19.4. The summed E-state index contributed by atoms with van der Waals surface area (Å²) >= 11 is 0. The summed E-state index contributed by atoms with van der Waals surface area (Å²) in [5, 5.41) is 12.3. The number of carbonyl (C=O) groups is 2. The number of rotatable bonds is 7. The van der Waals surface area contributed by atoms with E-state index in [1.165, 1.54) is 0 Å². The van der Waals surface area contributed by atoms with Crippen molar-refractivity contribution < 1.29 is 37.3 Å². The van der Waals surface area contributed by atoms with E-state index in [2.05, 4.69) is 10.1 Å². The van der Waals surface area contributed by atoms with Gasteiger partial charge < -0.3 is 19.9 Å². The molecule has 1 atom stereocenters. The molecule has 152 valence electrons. The first-order valence-corrected chi connectivity index (χ1v) is 8.28. The van der Waals surface area contributed by atoms with Crippen LogP contribution in [0, 0.1) is 0 Å². The predicted molar refractivity (Wildman–Crippen MR) is 90.7 cm³/mol. The van der Waals surface area contributed by atoms with E-state index in [9.17, 15) is 27.9 Å². The maximum absolute atomic E-state index is 13.2. The number of carbonyl (C=O) groups excluding carboxylic acids is 2. The van der Waals surface area contributed by atoms with Crippen LogP contribution in [0.1, 0.15) is 39.2 Å². The van der Waals surface area contributed by atoms with Crippen LogP contribution in [0.5, 0.6) is 0 Å². The van der Waals surface area contributed by atoms with Crippen molar-refractivity contribution in [3.8, 4) is 0 Å². The summed E-state index contributed by atoms with van der Waals surface area (Å²) in [6, 6.07) is 8.61. The molecule has 0 heterocycles. The molecule has 0 aliphatic heterocycles. The van der Waals surface area contributed by atoms with Crippen LogP contribution >= 0.6 is 0 Å². The second-order valence-corrected chi connectivity index (χ2v) is 7.03. The van der Waals surface area contributed by atoms with E-state index in [1.807, 2.05) is 0 Å². The standard InChI is InChI=1S/C18H24F3NO5/c1-16(2,3)27-15(24)26-10-9-17(25,18(19,20)21)11-14(23)22-12-13-7-5-4-6-8-13/h4-8,25H,9-12H2,1-3H3,(H,22,23). The summed E-state index contributed by atoms with van der Waals surface area (Å²) in [5.41, 5.74) is -3.49. The van der Waals surface area contributed by atoms with Gasteiger partial charge in [-0.05, 0) is 26.3 Å². The molecule has 9 heteroatoms. The van der Waals surface area contributed by atoms with Crippen molar-refractivity contribution in [3.63, 3.8) is 0 Å². The largest absolute Gasteiger partial charge is 0.508 e. The van der Waals surface area contributed by atoms with E-state index in [1.54, 1.807) is 51.1 Å². The van der Waals surface area contributed by atoms with Gasteiger partial charge in [0.05, 0.1) is 13.0 Å². The third-order valence-corrected chi connectivity index (χ3v) is 3.44. The SMILES string of the molecule is CC(C)(C)OC(=O)OCCC(O)(CC(=O)NCc1ccccc1)C(F)(F)F. The molecule has 1 aromatic carbocycles. The fraction of sp³-hybridized carbons (Fsp3) is 0.556. The quantitative estimate of drug-likeness (QED) is 0.697. The molecule has 2 N–H and O–H groups in total. The number of nitrogens with one attached hydrogen (secondary N) is 1. The predicted octanol–water partition coefficient (Wildman–Crippen LogP) is 3.33. The lowest BCUT2D eigenvalue weighted by molar-refractivity contribution is -0.265. The smallest absolute Gasteiger partial charge is 0.434 e. The van der Waals surface area contributed by atoms with Crippen LogP contribution < -0.4 is 5.32 Å². The molecule has 0 saturated heterocycles. The number of hydrogen-bond donors (Lipinski definition) is 2. The monoisotopic (exact) mass is 391 g/mol. The van der Waals surface area contributed by atoms with Gasteiger partial charge in [0.15, 0.2) is 5.60 Å². The molecule has 0 aliphatic rings. The first-order valence-electron chi connectivity index (χ1n) is 8.28. The van der Waals surface area contributed by atoms with Gasteiger partial charge in [0, 0.05) is 13.0 Å². The van der Waals surface area contributed by atoms with Crippen molar-refractivity contribution in [1.29, 1.82) is 0 Å². The van der Waals surface area contributed by atoms with Crippen LogP contribution in [0.4, 0.5) is 18.0 Å². The Morgan fingerprint density at radius 2 is 1.70 bits per heavy atom. The fourth-order valence-electron chi connectivity index (χ4n) is 2.04. The second-order valence-electron chi connectivity index (χ2n) is 7.03. The minimum atomic E-state index is -5.08. The number of amides is 1. The third-order valence-electron chi connectivity index (χ3n) is 3.44. The number of aliphatic hydroxyl groups is 1. The van der Waals surface area contributed by atoms with Crippen molar-refractivity contribution >= 4 is 12.1 Å². The Bertz CT molecular complexity index is 628. The van der Waals surface area contributed by atoms with Gasteiger partial charge in [-0.1, -0.05) is 30.3 Å². The zero-order chi connectivity index (χ0) is 20.7. The third kappa shape index (κ3) is 8.29. The molecule has 6 nitrogen and oxygen atoms in total. The molecule has 0 aromatic heterocycles. The van der Waals surface area contributed by atoms with Crippen molar-refractivity contribution in [2.75, 3.05) is 6.61 Å². The first-order chi connectivity index (χ1) is 12.3. The van der Waals surface area contributed by atoms with E-state index in [-0.39, 0.29) is 6.54 Å². The second kappa shape index (κ2) is 9.07. The number of benzene rings is 1. The van der Waals surface area contributed by atoms with E-state index >= 15 is 0 Å². The molecule has 0 bridgehead atoms. The minimum Gasteiger partial charge on any atom is -0.434 e. The maximum atomic E-state index is 13.2. The Kier molecular flexibility index (Phi) is 7.65. The van der Waals surface area contributed by atoms with Crippen LogP contribution in [0.2, 0.25) is 0 Å². The van der Waals surface area contributed by atoms with Crippen LogP contribution in [-0.2, 0) is 20.8 Å². The highest BCUT2D eigenvalue weighted by molar-refractivity contribution is 5.77. The molecule has 1 amide bonds. The van der Waals surface area contributed by atoms with Gasteiger partial charge in [-0.2, -0.15) is 13.2 Å². The minimum absolute atomic E-state index is 0.0298. The lowest BCUT2D eigenvalue weighted by atomic mass is 9.94. The van der Waals surface area contributed by atoms with Gasteiger partial charge >= 0.3 is 12.3 Å². The Balaban J connectivity index is 2.60. The van der Waals surface area contributed by atoms with Crippen LogP contribution in [0.3, 0.4) is 0 Å². The molecule has 0 spiro atoms. The Labute approximate surface area is 155 Å². The van der Waals surface area contributed by atoms with Gasteiger partial charge in [-0.25, -0.2) is 4.79 Å². The van der Waals surface area contributed by atoms with Gasteiger partial charge in [0.2, 0.25) is 5.91 Å². The van der Waals surface area contributed by atoms with Crippen molar-refractivity contribution in [2.45, 2.75) is 57.5 Å². The molecule has 0 radical (unpaired) electrons. The highest BCUT2D eigenvalue weighted by Crippen LogP contribution is 2.36. The number of ether oxygens (including phenoxy) is 2. The summed E-state index contributed by atoms with van der Waals surface area (Å²) in [4.78, 5) is 23.2.